The van der Waals surface area contributed by atoms with Gasteiger partial charge in [0, 0.05) is 5.92 Å². The molecule has 0 aromatic rings. The molecule has 0 aromatic carbocycles. The van der Waals surface area contributed by atoms with E-state index in [9.17, 15) is 4.79 Å². The predicted molar refractivity (Wildman–Crippen MR) is 43.9 cm³/mol. The van der Waals surface area contributed by atoms with Gasteiger partial charge >= 0.3 is 0 Å². The van der Waals surface area contributed by atoms with E-state index >= 15 is 0 Å². The molecule has 2 fully saturated rings. The van der Waals surface area contributed by atoms with Crippen LogP contribution in [0.2, 0.25) is 0 Å². The van der Waals surface area contributed by atoms with E-state index in [0.29, 0.717) is 5.92 Å². The van der Waals surface area contributed by atoms with Gasteiger partial charge in [0.15, 0.2) is 0 Å². The van der Waals surface area contributed by atoms with Gasteiger partial charge in [0.1, 0.15) is 6.29 Å². The van der Waals surface area contributed by atoms with Crippen molar-refractivity contribution in [2.75, 3.05) is 0 Å². The number of allylic oxidation sites excluding steroid dienone is 2. The lowest BCUT2D eigenvalue weighted by Crippen LogP contribution is -2.11. The van der Waals surface area contributed by atoms with E-state index in [1.165, 1.54) is 12.3 Å². The average molecular weight is 149 g/mol. The molecule has 0 amide bonds. The molecule has 2 saturated carbocycles. The van der Waals surface area contributed by atoms with E-state index in [0.717, 1.165) is 25.0 Å². The van der Waals surface area contributed by atoms with Crippen LogP contribution >= 0.6 is 0 Å². The normalized spacial score (nSPS) is 40.3. The second-order valence-electron chi connectivity index (χ2n) is 3.58. The molecule has 11 heavy (non-hydrogen) atoms. The summed E-state index contributed by atoms with van der Waals surface area (Å²) in [4.78, 5) is 10.6. The van der Waals surface area contributed by atoms with Crippen LogP contribution in [-0.2, 0) is 4.79 Å². The van der Waals surface area contributed by atoms with E-state index in [1.54, 1.807) is 5.57 Å². The fraction of sp³-hybridized carbons (Fsp3) is 0.600. The molecular weight excluding hydrogens is 136 g/mol. The van der Waals surface area contributed by atoms with Crippen molar-refractivity contribution in [1.82, 2.24) is 0 Å². The second-order valence-corrected chi connectivity index (χ2v) is 3.58. The summed E-state index contributed by atoms with van der Waals surface area (Å²) >= 11 is 0. The molecule has 0 aromatic heterocycles. The zero-order chi connectivity index (χ0) is 7.84. The third-order valence-electron chi connectivity index (χ3n) is 3.06. The van der Waals surface area contributed by atoms with Crippen LogP contribution in [0, 0.1) is 17.8 Å². The lowest BCUT2D eigenvalue weighted by atomic mass is 9.87. The predicted octanol–water partition coefficient (Wildman–Crippen LogP) is 2.14. The molecule has 0 saturated heterocycles. The Morgan fingerprint density at radius 3 is 2.82 bits per heavy atom. The van der Waals surface area contributed by atoms with Crippen LogP contribution in [0.1, 0.15) is 26.2 Å². The monoisotopic (exact) mass is 149 g/mol. The molecule has 0 aliphatic heterocycles. The van der Waals surface area contributed by atoms with Gasteiger partial charge in [-0.2, -0.15) is 0 Å². The molecule has 2 bridgehead atoms. The van der Waals surface area contributed by atoms with Crippen LogP contribution in [0.15, 0.2) is 11.6 Å². The number of carbonyl (C=O) groups excluding carboxylic acids is 1. The van der Waals surface area contributed by atoms with E-state index in [2.05, 4.69) is 13.0 Å². The highest BCUT2D eigenvalue weighted by atomic mass is 16.1. The van der Waals surface area contributed by atoms with Crippen molar-refractivity contribution in [1.29, 1.82) is 0 Å². The minimum Gasteiger partial charge on any atom is -0.303 e. The van der Waals surface area contributed by atoms with E-state index < -0.39 is 0 Å². The Morgan fingerprint density at radius 2 is 2.36 bits per heavy atom. The summed E-state index contributed by atoms with van der Waals surface area (Å²) < 4.78 is 0. The van der Waals surface area contributed by atoms with E-state index in [-0.39, 0.29) is 0 Å². The SMILES string of the molecule is CC=C1C[C]2CC1CC2C=O. The molecule has 0 spiro atoms. The van der Waals surface area contributed by atoms with Crippen molar-refractivity contribution >= 4 is 6.29 Å². The Bertz CT molecular complexity index is 205. The number of carbonyl (C=O) groups is 1. The Hall–Kier alpha value is -0.590. The number of hydrogen-bond acceptors (Lipinski definition) is 1. The number of hydrogen-bond donors (Lipinski definition) is 0. The average Bonchev–Trinajstić information content (AvgIpc) is 2.60. The Morgan fingerprint density at radius 1 is 1.55 bits per heavy atom. The maximum absolute atomic E-state index is 10.6. The Kier molecular flexibility index (Phi) is 1.59. The first kappa shape index (κ1) is 7.08. The Balaban J connectivity index is 2.14. The molecule has 2 atom stereocenters. The summed E-state index contributed by atoms with van der Waals surface area (Å²) in [7, 11) is 0. The van der Waals surface area contributed by atoms with Gasteiger partial charge in [-0.25, -0.2) is 0 Å². The largest absolute Gasteiger partial charge is 0.303 e. The quantitative estimate of drug-likeness (QED) is 0.412. The molecule has 2 unspecified atom stereocenters. The highest BCUT2D eigenvalue weighted by molar-refractivity contribution is 5.60. The summed E-state index contributed by atoms with van der Waals surface area (Å²) in [6, 6.07) is 0. The minimum absolute atomic E-state index is 0.309. The first-order chi connectivity index (χ1) is 5.35. The van der Waals surface area contributed by atoms with Crippen molar-refractivity contribution in [3.63, 3.8) is 0 Å². The van der Waals surface area contributed by atoms with Crippen LogP contribution < -0.4 is 0 Å². The molecule has 59 valence electrons. The van der Waals surface area contributed by atoms with Crippen molar-refractivity contribution in [2.24, 2.45) is 11.8 Å². The summed E-state index contributed by atoms with van der Waals surface area (Å²) in [6.45, 7) is 2.10. The van der Waals surface area contributed by atoms with Crippen LogP contribution in [0.4, 0.5) is 0 Å². The van der Waals surface area contributed by atoms with Gasteiger partial charge in [-0.3, -0.25) is 0 Å². The second kappa shape index (κ2) is 2.47. The number of fused-ring (bicyclic) bond motifs is 2. The van der Waals surface area contributed by atoms with Crippen LogP contribution in [0.5, 0.6) is 0 Å². The first-order valence-corrected chi connectivity index (χ1v) is 4.30. The van der Waals surface area contributed by atoms with Gasteiger partial charge in [-0.05, 0) is 38.0 Å². The lowest BCUT2D eigenvalue weighted by Gasteiger charge is -2.17. The van der Waals surface area contributed by atoms with Crippen molar-refractivity contribution in [2.45, 2.75) is 26.2 Å². The molecule has 2 rings (SSSR count). The van der Waals surface area contributed by atoms with Gasteiger partial charge in [-0.1, -0.05) is 11.6 Å². The maximum Gasteiger partial charge on any atom is 0.123 e. The van der Waals surface area contributed by atoms with Gasteiger partial charge in [0.2, 0.25) is 0 Å². The number of rotatable bonds is 1. The highest BCUT2D eigenvalue weighted by Gasteiger charge is 2.42. The third kappa shape index (κ3) is 0.943. The lowest BCUT2D eigenvalue weighted by molar-refractivity contribution is -0.110. The molecule has 1 heteroatoms. The smallest absolute Gasteiger partial charge is 0.123 e. The molecule has 2 aliphatic carbocycles. The van der Waals surface area contributed by atoms with Gasteiger partial charge in [0.25, 0.3) is 0 Å². The van der Waals surface area contributed by atoms with Gasteiger partial charge in [-0.15, -0.1) is 0 Å². The van der Waals surface area contributed by atoms with E-state index in [4.69, 9.17) is 0 Å². The summed E-state index contributed by atoms with van der Waals surface area (Å²) in [6.07, 6.45) is 6.76. The molecule has 0 heterocycles. The van der Waals surface area contributed by atoms with Gasteiger partial charge in [0.05, 0.1) is 0 Å². The zero-order valence-corrected chi connectivity index (χ0v) is 6.84. The van der Waals surface area contributed by atoms with Crippen LogP contribution in [0.3, 0.4) is 0 Å². The van der Waals surface area contributed by atoms with Crippen LogP contribution in [-0.4, -0.2) is 6.29 Å². The molecule has 0 N–H and O–H groups in total. The zero-order valence-electron chi connectivity index (χ0n) is 6.84. The van der Waals surface area contributed by atoms with Crippen molar-refractivity contribution < 1.29 is 4.79 Å². The molecule has 1 radical (unpaired) electrons. The molecular formula is C10H13O. The first-order valence-electron chi connectivity index (χ1n) is 4.30. The third-order valence-corrected chi connectivity index (χ3v) is 3.06. The molecule has 1 nitrogen and oxygen atoms in total. The summed E-state index contributed by atoms with van der Waals surface area (Å²) in [5.41, 5.74) is 1.57. The maximum atomic E-state index is 10.6. The topological polar surface area (TPSA) is 17.1 Å². The molecule has 2 aliphatic rings. The summed E-state index contributed by atoms with van der Waals surface area (Å²) in [5, 5.41) is 0. The minimum atomic E-state index is 0.309. The fourth-order valence-corrected chi connectivity index (χ4v) is 2.41. The fourth-order valence-electron chi connectivity index (χ4n) is 2.41. The van der Waals surface area contributed by atoms with E-state index in [1.807, 2.05) is 0 Å². The highest BCUT2D eigenvalue weighted by Crippen LogP contribution is 2.51. The standard InChI is InChI=1S/C10H13O/c1-2-7-3-9-4-8(7)5-10(9)6-11/h2,6,8,10H,3-5H2,1H3. The van der Waals surface area contributed by atoms with Crippen molar-refractivity contribution in [3.05, 3.63) is 17.6 Å². The summed E-state index contributed by atoms with van der Waals surface area (Å²) in [5.74, 6) is 2.52. The van der Waals surface area contributed by atoms with Crippen molar-refractivity contribution in [3.8, 4) is 0 Å². The Labute approximate surface area is 67.5 Å². The van der Waals surface area contributed by atoms with Gasteiger partial charge < -0.3 is 4.79 Å². The number of aldehydes is 1. The van der Waals surface area contributed by atoms with Crippen LogP contribution in [0.25, 0.3) is 0 Å².